The molecule has 1 N–H and O–H groups in total. The third-order valence-electron chi connectivity index (χ3n) is 4.00. The zero-order valence-electron chi connectivity index (χ0n) is 14.2. The van der Waals surface area contributed by atoms with Gasteiger partial charge >= 0.3 is 0 Å². The maximum absolute atomic E-state index is 11.1. The summed E-state index contributed by atoms with van der Waals surface area (Å²) in [4.78, 5) is 14.1. The van der Waals surface area contributed by atoms with Gasteiger partial charge in [-0.2, -0.15) is 0 Å². The first-order valence-corrected chi connectivity index (χ1v) is 9.14. The van der Waals surface area contributed by atoms with Gasteiger partial charge in [0.2, 0.25) is 0 Å². The van der Waals surface area contributed by atoms with Crippen molar-refractivity contribution in [1.82, 2.24) is 4.98 Å². The Morgan fingerprint density at radius 3 is 1.95 bits per heavy atom. The number of H-pyrrole nitrogens is 1. The van der Waals surface area contributed by atoms with E-state index in [0.717, 1.165) is 6.42 Å². The number of rotatable bonds is 14. The molecule has 0 aliphatic rings. The Balaban J connectivity index is 1.81. The zero-order chi connectivity index (χ0) is 15.9. The number of aromatic amines is 1. The summed E-state index contributed by atoms with van der Waals surface area (Å²) in [5.41, 5.74) is -0.0107. The third-order valence-corrected chi connectivity index (χ3v) is 4.00. The van der Waals surface area contributed by atoms with Crippen LogP contribution in [0.25, 0.3) is 0 Å². The summed E-state index contributed by atoms with van der Waals surface area (Å²) in [7, 11) is 0. The van der Waals surface area contributed by atoms with Crippen LogP contribution in [0.4, 0.5) is 0 Å². The molecule has 0 atom stereocenters. The SMILES string of the molecule is CCCCCCCCCCCCCCOc1cc(=O)cc[nH]1. The summed E-state index contributed by atoms with van der Waals surface area (Å²) < 4.78 is 5.52. The van der Waals surface area contributed by atoms with Crippen molar-refractivity contribution in [3.05, 3.63) is 28.6 Å². The number of pyridine rings is 1. The normalized spacial score (nSPS) is 10.8. The second kappa shape index (κ2) is 13.4. The Morgan fingerprint density at radius 1 is 0.864 bits per heavy atom. The van der Waals surface area contributed by atoms with Crippen molar-refractivity contribution in [3.63, 3.8) is 0 Å². The fraction of sp³-hybridized carbons (Fsp3) is 0.737. The van der Waals surface area contributed by atoms with E-state index in [0.29, 0.717) is 12.5 Å². The van der Waals surface area contributed by atoms with Crippen molar-refractivity contribution >= 4 is 0 Å². The van der Waals surface area contributed by atoms with Gasteiger partial charge in [0.1, 0.15) is 0 Å². The Kier molecular flexibility index (Phi) is 11.5. The molecule has 22 heavy (non-hydrogen) atoms. The fourth-order valence-electron chi connectivity index (χ4n) is 2.63. The van der Waals surface area contributed by atoms with Gasteiger partial charge in [-0.1, -0.05) is 77.6 Å². The smallest absolute Gasteiger partial charge is 0.194 e. The standard InChI is InChI=1S/C19H33NO2/c1-2-3-4-5-6-7-8-9-10-11-12-13-16-22-19-17-18(21)14-15-20-19/h14-15,17H,2-13,16H2,1H3,(H,20,21). The average Bonchev–Trinajstić information content (AvgIpc) is 2.52. The van der Waals surface area contributed by atoms with Crippen molar-refractivity contribution < 1.29 is 4.74 Å². The van der Waals surface area contributed by atoms with Crippen molar-refractivity contribution in [3.8, 4) is 5.88 Å². The predicted molar refractivity (Wildman–Crippen MR) is 93.6 cm³/mol. The number of hydrogen-bond donors (Lipinski definition) is 1. The highest BCUT2D eigenvalue weighted by molar-refractivity contribution is 5.09. The first-order chi connectivity index (χ1) is 10.8. The number of ether oxygens (including phenoxy) is 1. The van der Waals surface area contributed by atoms with Crippen LogP contribution in [0.1, 0.15) is 84.0 Å². The number of unbranched alkanes of at least 4 members (excludes halogenated alkanes) is 11. The fourth-order valence-corrected chi connectivity index (χ4v) is 2.63. The van der Waals surface area contributed by atoms with E-state index in [4.69, 9.17) is 4.74 Å². The van der Waals surface area contributed by atoms with E-state index in [9.17, 15) is 4.79 Å². The van der Waals surface area contributed by atoms with E-state index in [2.05, 4.69) is 11.9 Å². The van der Waals surface area contributed by atoms with Gasteiger partial charge in [-0.25, -0.2) is 0 Å². The van der Waals surface area contributed by atoms with Crippen LogP contribution in [0, 0.1) is 0 Å². The van der Waals surface area contributed by atoms with Crippen LogP contribution in [0.2, 0.25) is 0 Å². The lowest BCUT2D eigenvalue weighted by Gasteiger charge is -2.05. The molecule has 0 aliphatic carbocycles. The summed E-state index contributed by atoms with van der Waals surface area (Å²) in [6, 6.07) is 3.00. The molecule has 0 fully saturated rings. The van der Waals surface area contributed by atoms with Gasteiger partial charge in [-0.15, -0.1) is 0 Å². The Labute approximate surface area is 135 Å². The number of aromatic nitrogens is 1. The van der Waals surface area contributed by atoms with Crippen molar-refractivity contribution in [2.24, 2.45) is 0 Å². The molecule has 0 saturated carbocycles. The third kappa shape index (κ3) is 10.5. The minimum absolute atomic E-state index is 0.0107. The number of nitrogens with one attached hydrogen (secondary N) is 1. The summed E-state index contributed by atoms with van der Waals surface area (Å²) in [5.74, 6) is 0.579. The van der Waals surface area contributed by atoms with Crippen LogP contribution in [-0.4, -0.2) is 11.6 Å². The highest BCUT2D eigenvalue weighted by atomic mass is 16.5. The van der Waals surface area contributed by atoms with E-state index < -0.39 is 0 Å². The number of hydrogen-bond acceptors (Lipinski definition) is 2. The Hall–Kier alpha value is -1.25. The quantitative estimate of drug-likeness (QED) is 0.464. The molecule has 0 amide bonds. The van der Waals surface area contributed by atoms with Gasteiger partial charge in [0.05, 0.1) is 6.61 Å². The van der Waals surface area contributed by atoms with Gasteiger partial charge in [-0.3, -0.25) is 4.79 Å². The van der Waals surface area contributed by atoms with E-state index in [-0.39, 0.29) is 5.43 Å². The van der Waals surface area contributed by atoms with Crippen molar-refractivity contribution in [2.45, 2.75) is 84.0 Å². The second-order valence-electron chi connectivity index (χ2n) is 6.13. The molecule has 0 aromatic carbocycles. The molecule has 3 nitrogen and oxygen atoms in total. The first-order valence-electron chi connectivity index (χ1n) is 9.14. The molecule has 0 bridgehead atoms. The molecular weight excluding hydrogens is 274 g/mol. The van der Waals surface area contributed by atoms with E-state index in [1.54, 1.807) is 6.20 Å². The second-order valence-corrected chi connectivity index (χ2v) is 6.13. The molecule has 0 aliphatic heterocycles. The zero-order valence-corrected chi connectivity index (χ0v) is 14.2. The molecule has 1 rings (SSSR count). The lowest BCUT2D eigenvalue weighted by molar-refractivity contribution is 0.293. The molecule has 1 aromatic heterocycles. The lowest BCUT2D eigenvalue weighted by atomic mass is 10.1. The molecule has 0 spiro atoms. The first kappa shape index (κ1) is 18.8. The highest BCUT2D eigenvalue weighted by Gasteiger charge is 1.96. The summed E-state index contributed by atoms with van der Waals surface area (Å²) in [5, 5.41) is 0. The largest absolute Gasteiger partial charge is 0.479 e. The molecular formula is C19H33NO2. The van der Waals surface area contributed by atoms with Crippen LogP contribution in [0.5, 0.6) is 5.88 Å². The van der Waals surface area contributed by atoms with E-state index in [1.165, 1.54) is 82.8 Å². The van der Waals surface area contributed by atoms with Crippen LogP contribution in [-0.2, 0) is 0 Å². The summed E-state index contributed by atoms with van der Waals surface area (Å²) in [6.07, 6.45) is 17.7. The molecule has 1 heterocycles. The topological polar surface area (TPSA) is 42.1 Å². The maximum atomic E-state index is 11.1. The summed E-state index contributed by atoms with van der Waals surface area (Å²) in [6.45, 7) is 2.96. The van der Waals surface area contributed by atoms with Crippen molar-refractivity contribution in [1.29, 1.82) is 0 Å². The average molecular weight is 307 g/mol. The van der Waals surface area contributed by atoms with Crippen LogP contribution >= 0.6 is 0 Å². The van der Waals surface area contributed by atoms with Crippen molar-refractivity contribution in [2.75, 3.05) is 6.61 Å². The van der Waals surface area contributed by atoms with Gasteiger partial charge in [-0.05, 0) is 6.42 Å². The summed E-state index contributed by atoms with van der Waals surface area (Å²) >= 11 is 0. The Bertz CT molecular complexity index is 414. The maximum Gasteiger partial charge on any atom is 0.194 e. The molecule has 3 heteroatoms. The van der Waals surface area contributed by atoms with Gasteiger partial charge in [0.15, 0.2) is 11.3 Å². The monoisotopic (exact) mass is 307 g/mol. The Morgan fingerprint density at radius 2 is 1.41 bits per heavy atom. The minimum atomic E-state index is -0.0107. The predicted octanol–water partition coefficient (Wildman–Crippen LogP) is 5.45. The molecule has 0 saturated heterocycles. The molecule has 1 aromatic rings. The molecule has 126 valence electrons. The van der Waals surface area contributed by atoms with Crippen LogP contribution in [0.3, 0.4) is 0 Å². The van der Waals surface area contributed by atoms with Gasteiger partial charge in [0.25, 0.3) is 0 Å². The lowest BCUT2D eigenvalue weighted by Crippen LogP contribution is -2.03. The van der Waals surface area contributed by atoms with Gasteiger partial charge in [0, 0.05) is 18.3 Å². The van der Waals surface area contributed by atoms with E-state index >= 15 is 0 Å². The molecule has 0 radical (unpaired) electrons. The van der Waals surface area contributed by atoms with Crippen LogP contribution < -0.4 is 10.2 Å². The highest BCUT2D eigenvalue weighted by Crippen LogP contribution is 2.12. The molecule has 0 unspecified atom stereocenters. The van der Waals surface area contributed by atoms with Gasteiger partial charge < -0.3 is 9.72 Å². The van der Waals surface area contributed by atoms with E-state index in [1.807, 2.05) is 0 Å². The van der Waals surface area contributed by atoms with Crippen LogP contribution in [0.15, 0.2) is 23.1 Å². The minimum Gasteiger partial charge on any atom is -0.479 e.